The van der Waals surface area contributed by atoms with Crippen molar-refractivity contribution in [3.05, 3.63) is 23.3 Å². The Balaban J connectivity index is -0.000000160. The van der Waals surface area contributed by atoms with Crippen molar-refractivity contribution in [1.29, 1.82) is 0 Å². The summed E-state index contributed by atoms with van der Waals surface area (Å²) >= 11 is 0. The molecule has 2 aliphatic rings. The van der Waals surface area contributed by atoms with E-state index in [1.807, 2.05) is 0 Å². The third-order valence-electron chi connectivity index (χ3n) is 1.78. The maximum absolute atomic E-state index is 2.26. The van der Waals surface area contributed by atoms with Gasteiger partial charge in [0.2, 0.25) is 0 Å². The molecule has 2 bridgehead atoms. The van der Waals surface area contributed by atoms with Crippen molar-refractivity contribution in [3.8, 4) is 0 Å². The molecule has 1 saturated carbocycles. The van der Waals surface area contributed by atoms with E-state index in [0.29, 0.717) is 0 Å². The molecule has 0 aromatic heterocycles. The number of halogens is 2. The van der Waals surface area contributed by atoms with Crippen molar-refractivity contribution >= 4 is 0 Å². The van der Waals surface area contributed by atoms with Crippen molar-refractivity contribution in [1.82, 2.24) is 0 Å². The number of hydrogen-bond donors (Lipinski definition) is 0. The average Bonchev–Trinajstić information content (AvgIpc) is 2.22. The summed E-state index contributed by atoms with van der Waals surface area (Å²) in [6, 6.07) is 0. The van der Waals surface area contributed by atoms with Crippen molar-refractivity contribution in [3.63, 3.8) is 0 Å². The van der Waals surface area contributed by atoms with Gasteiger partial charge in [0, 0.05) is 39.0 Å². The third-order valence-corrected chi connectivity index (χ3v) is 1.78. The first-order valence-corrected chi connectivity index (χ1v) is 2.82. The zero-order valence-electron chi connectivity index (χ0n) is 5.70. The van der Waals surface area contributed by atoms with E-state index in [9.17, 15) is 0 Å². The summed E-state index contributed by atoms with van der Waals surface area (Å²) in [6.45, 7) is 0. The van der Waals surface area contributed by atoms with Gasteiger partial charge in [0.15, 0.2) is 0 Å². The minimum Gasteiger partial charge on any atom is -1.00 e. The van der Waals surface area contributed by atoms with Gasteiger partial charge in [-0.1, -0.05) is 23.3 Å². The predicted molar refractivity (Wildman–Crippen MR) is 30.0 cm³/mol. The van der Waals surface area contributed by atoms with Crippen LogP contribution in [0, 0.1) is 0 Å². The fraction of sp³-hybridized carbons (Fsp3) is 0.429. The van der Waals surface area contributed by atoms with E-state index in [1.165, 1.54) is 19.3 Å². The third kappa shape index (κ3) is 4.18. The Morgan fingerprint density at radius 3 is 1.27 bits per heavy atom. The van der Waals surface area contributed by atoms with Crippen LogP contribution in [-0.4, -0.2) is 0 Å². The van der Waals surface area contributed by atoms with Crippen LogP contribution in [0.1, 0.15) is 19.3 Å². The second kappa shape index (κ2) is 7.93. The molecule has 2 aliphatic carbocycles. The van der Waals surface area contributed by atoms with Gasteiger partial charge in [-0.2, -0.15) is 0 Å². The first kappa shape index (κ1) is 18.2. The topological polar surface area (TPSA) is 0 Å². The summed E-state index contributed by atoms with van der Waals surface area (Å²) in [5.74, 6) is 0. The van der Waals surface area contributed by atoms with Gasteiger partial charge in [-0.3, -0.25) is 0 Å². The van der Waals surface area contributed by atoms with Crippen molar-refractivity contribution < 1.29 is 63.8 Å². The fourth-order valence-electron chi connectivity index (χ4n) is 1.31. The molecule has 0 heterocycles. The van der Waals surface area contributed by atoms with Crippen LogP contribution in [0.5, 0.6) is 0 Å². The normalized spacial score (nSPS) is 16.0. The maximum atomic E-state index is 2.26. The zero-order valence-corrected chi connectivity index (χ0v) is 10.5. The van der Waals surface area contributed by atoms with Crippen LogP contribution in [0.2, 0.25) is 0 Å². The standard InChI is InChI=1S/C7H8.2ClH.2Rh/c1-2-7-4-3-6(1)5-7;;;;/h1-2H,3-5H2;2*1H;;/p-2. The smallest absolute Gasteiger partial charge is 0 e. The van der Waals surface area contributed by atoms with Crippen LogP contribution in [-0.2, 0) is 39.0 Å². The molecule has 0 aromatic rings. The predicted octanol–water partition coefficient (Wildman–Crippen LogP) is -3.96. The molecule has 1 fully saturated rings. The van der Waals surface area contributed by atoms with Crippen molar-refractivity contribution in [2.75, 3.05) is 0 Å². The molecule has 0 amide bonds. The largest absolute Gasteiger partial charge is 1.00 e. The average molecular weight is 369 g/mol. The summed E-state index contributed by atoms with van der Waals surface area (Å²) in [7, 11) is 0. The van der Waals surface area contributed by atoms with E-state index < -0.39 is 0 Å². The molecule has 11 heavy (non-hydrogen) atoms. The van der Waals surface area contributed by atoms with Gasteiger partial charge in [-0.25, -0.2) is 0 Å². The van der Waals surface area contributed by atoms with Gasteiger partial charge >= 0.3 is 0 Å². The van der Waals surface area contributed by atoms with Crippen molar-refractivity contribution in [2.45, 2.75) is 19.3 Å². The Morgan fingerprint density at radius 2 is 1.18 bits per heavy atom. The zero-order chi connectivity index (χ0) is 4.69. The fourth-order valence-corrected chi connectivity index (χ4v) is 1.31. The van der Waals surface area contributed by atoms with Crippen LogP contribution in [0.3, 0.4) is 0 Å². The van der Waals surface area contributed by atoms with E-state index in [0.717, 1.165) is 0 Å². The Hall–Kier alpha value is 1.31. The first-order valence-electron chi connectivity index (χ1n) is 2.82. The monoisotopic (exact) mass is 368 g/mol. The van der Waals surface area contributed by atoms with E-state index in [-0.39, 0.29) is 63.8 Å². The second-order valence-electron chi connectivity index (χ2n) is 2.33. The molecular weight excluding hydrogens is 361 g/mol. The number of hydrogen-bond acceptors (Lipinski definition) is 0. The Kier molecular flexibility index (Phi) is 13.1. The molecule has 0 N–H and O–H groups in total. The molecular formula is C7H8Cl2Rh2-2. The van der Waals surface area contributed by atoms with E-state index in [2.05, 4.69) is 12.2 Å². The molecule has 0 spiro atoms. The molecule has 0 nitrogen and oxygen atoms in total. The van der Waals surface area contributed by atoms with Crippen LogP contribution in [0.25, 0.3) is 0 Å². The van der Waals surface area contributed by atoms with Crippen LogP contribution in [0.15, 0.2) is 23.3 Å². The molecule has 2 radical (unpaired) electrons. The van der Waals surface area contributed by atoms with E-state index in [1.54, 1.807) is 11.1 Å². The Bertz CT molecular complexity index is 146. The van der Waals surface area contributed by atoms with Crippen LogP contribution >= 0.6 is 0 Å². The molecule has 2 rings (SSSR count). The number of fused-ring (bicyclic) bond motifs is 2. The minimum atomic E-state index is 0. The Morgan fingerprint density at radius 1 is 0.818 bits per heavy atom. The first-order chi connectivity index (χ1) is 3.45. The van der Waals surface area contributed by atoms with Gasteiger partial charge in [-0.15, -0.1) is 0 Å². The summed E-state index contributed by atoms with van der Waals surface area (Å²) in [5.41, 5.74) is 3.30. The van der Waals surface area contributed by atoms with Gasteiger partial charge < -0.3 is 24.8 Å². The van der Waals surface area contributed by atoms with E-state index in [4.69, 9.17) is 0 Å². The molecule has 4 heteroatoms. The number of rotatable bonds is 0. The molecule has 70 valence electrons. The van der Waals surface area contributed by atoms with E-state index >= 15 is 0 Å². The van der Waals surface area contributed by atoms with Gasteiger partial charge in [-0.05, 0) is 19.3 Å². The van der Waals surface area contributed by atoms with Gasteiger partial charge in [0.25, 0.3) is 0 Å². The Labute approximate surface area is 106 Å². The van der Waals surface area contributed by atoms with Crippen LogP contribution in [0.4, 0.5) is 0 Å². The maximum Gasteiger partial charge on any atom is 0 e. The SMILES string of the molecule is C1=C2CCC(=C1)C2.[Cl-].[Cl-].[Rh].[Rh]. The summed E-state index contributed by atoms with van der Waals surface area (Å²) < 4.78 is 0. The van der Waals surface area contributed by atoms with Crippen LogP contribution < -0.4 is 24.8 Å². The summed E-state index contributed by atoms with van der Waals surface area (Å²) in [4.78, 5) is 0. The number of allylic oxidation sites excluding steroid dienone is 4. The van der Waals surface area contributed by atoms with Gasteiger partial charge in [0.05, 0.1) is 0 Å². The minimum absolute atomic E-state index is 0. The molecule has 0 aliphatic heterocycles. The summed E-state index contributed by atoms with van der Waals surface area (Å²) in [6.07, 6.45) is 8.54. The molecule has 0 saturated heterocycles. The van der Waals surface area contributed by atoms with Gasteiger partial charge in [0.1, 0.15) is 0 Å². The molecule has 0 aromatic carbocycles. The summed E-state index contributed by atoms with van der Waals surface area (Å²) in [5, 5.41) is 0. The second-order valence-corrected chi connectivity index (χ2v) is 2.33. The van der Waals surface area contributed by atoms with Crippen molar-refractivity contribution in [2.24, 2.45) is 0 Å². The molecule has 0 atom stereocenters. The molecule has 0 unspecified atom stereocenters. The quantitative estimate of drug-likeness (QED) is 0.383.